The van der Waals surface area contributed by atoms with Crippen molar-refractivity contribution in [2.75, 3.05) is 0 Å². The molecule has 0 atom stereocenters. The summed E-state index contributed by atoms with van der Waals surface area (Å²) >= 11 is 0. The van der Waals surface area contributed by atoms with Gasteiger partial charge in [-0.05, 0) is 5.56 Å². The van der Waals surface area contributed by atoms with Crippen LogP contribution in [0.15, 0.2) is 79.0 Å². The normalized spacial score (nSPS) is 11.6. The number of carbonyl (C=O) groups excluding carboxylic acids is 1. The number of hydrogen-bond acceptors (Lipinski definition) is 4. The van der Waals surface area contributed by atoms with E-state index in [0.717, 1.165) is 16.8 Å². The minimum Gasteiger partial charge on any atom is -0.512 e. The fourth-order valence-electron chi connectivity index (χ4n) is 2.42. The topological polar surface area (TPSA) is 63.1 Å². The number of rotatable bonds is 3. The van der Waals surface area contributed by atoms with Crippen LogP contribution in [0, 0.1) is 16.9 Å². The molecule has 5 heteroatoms. The first-order valence-corrected chi connectivity index (χ1v) is 10.3. The minimum atomic E-state index is -0.417. The van der Waals surface area contributed by atoms with Crippen LogP contribution >= 0.6 is 0 Å². The molecule has 0 unspecified atom stereocenters. The molecule has 2 aromatic carbocycles. The van der Waals surface area contributed by atoms with Gasteiger partial charge >= 0.3 is 0 Å². The van der Waals surface area contributed by atoms with E-state index in [-0.39, 0.29) is 37.1 Å². The van der Waals surface area contributed by atoms with Crippen molar-refractivity contribution in [3.05, 3.63) is 85.0 Å². The number of aliphatic hydroxyl groups is 1. The third-order valence-electron chi connectivity index (χ3n) is 4.52. The van der Waals surface area contributed by atoms with Crippen molar-refractivity contribution in [2.45, 2.75) is 41.5 Å². The van der Waals surface area contributed by atoms with Crippen LogP contribution in [0.1, 0.15) is 41.5 Å². The number of aliphatic hydroxyl groups excluding tert-OH is 1. The summed E-state index contributed by atoms with van der Waals surface area (Å²) in [6, 6.07) is 19.5. The zero-order chi connectivity index (χ0) is 23.1. The van der Waals surface area contributed by atoms with Gasteiger partial charge in [-0.1, -0.05) is 71.9 Å². The van der Waals surface area contributed by atoms with Crippen molar-refractivity contribution in [3.63, 3.8) is 0 Å². The average Bonchev–Trinajstić information content (AvgIpc) is 2.74. The smallest absolute Gasteiger partial charge is 0.164 e. The van der Waals surface area contributed by atoms with E-state index in [1.54, 1.807) is 18.6 Å². The van der Waals surface area contributed by atoms with Crippen LogP contribution in [-0.2, 0) is 24.9 Å². The molecule has 0 amide bonds. The van der Waals surface area contributed by atoms with Gasteiger partial charge in [0.25, 0.3) is 0 Å². The minimum absolute atomic E-state index is 0. The van der Waals surface area contributed by atoms with Crippen molar-refractivity contribution in [2.24, 2.45) is 10.8 Å². The average molecular weight is 608 g/mol. The molecule has 171 valence electrons. The number of ketones is 1. The van der Waals surface area contributed by atoms with E-state index < -0.39 is 5.41 Å². The third kappa shape index (κ3) is 8.49. The number of allylic oxidation sites excluding steroid dienone is 2. The number of benzene rings is 2. The van der Waals surface area contributed by atoms with Crippen LogP contribution in [0.2, 0.25) is 0 Å². The van der Waals surface area contributed by atoms with Crippen molar-refractivity contribution < 1.29 is 30.0 Å². The largest absolute Gasteiger partial charge is 0.512 e. The van der Waals surface area contributed by atoms with Gasteiger partial charge in [-0.25, -0.2) is 0 Å². The molecule has 0 fully saturated rings. The van der Waals surface area contributed by atoms with Gasteiger partial charge in [0.15, 0.2) is 5.78 Å². The van der Waals surface area contributed by atoms with Crippen molar-refractivity contribution >= 4 is 5.78 Å². The summed E-state index contributed by atoms with van der Waals surface area (Å²) in [7, 11) is 0. The first-order valence-electron chi connectivity index (χ1n) is 10.3. The third-order valence-corrected chi connectivity index (χ3v) is 4.52. The Morgan fingerprint density at radius 2 is 1.59 bits per heavy atom. The Kier molecular flexibility index (Phi) is 10.1. The van der Waals surface area contributed by atoms with Gasteiger partial charge in [-0.15, -0.1) is 35.4 Å². The first kappa shape index (κ1) is 27.4. The molecular weight excluding hydrogens is 577 g/mol. The summed E-state index contributed by atoms with van der Waals surface area (Å²) in [6.07, 6.45) is 6.45. The van der Waals surface area contributed by atoms with Crippen molar-refractivity contribution in [1.82, 2.24) is 9.97 Å². The summed E-state index contributed by atoms with van der Waals surface area (Å²) in [5, 5.41) is 9.56. The van der Waals surface area contributed by atoms with Crippen LogP contribution in [-0.4, -0.2) is 20.9 Å². The maximum absolute atomic E-state index is 11.5. The fourth-order valence-corrected chi connectivity index (χ4v) is 2.42. The summed E-state index contributed by atoms with van der Waals surface area (Å²) < 4.78 is 0. The zero-order valence-electron chi connectivity index (χ0n) is 19.5. The maximum Gasteiger partial charge on any atom is 0.164 e. The number of aromatic nitrogens is 2. The molecule has 0 bridgehead atoms. The van der Waals surface area contributed by atoms with Crippen molar-refractivity contribution in [3.8, 4) is 22.4 Å². The molecule has 0 aliphatic rings. The molecule has 0 saturated carbocycles. The molecule has 0 spiro atoms. The van der Waals surface area contributed by atoms with Crippen molar-refractivity contribution in [1.29, 1.82) is 0 Å². The molecule has 1 heterocycles. The van der Waals surface area contributed by atoms with E-state index in [2.05, 4.69) is 40.3 Å². The Balaban J connectivity index is 0.000000330. The van der Waals surface area contributed by atoms with Gasteiger partial charge < -0.3 is 10.1 Å². The SMILES string of the molecule is CC(C)(C)C(=O)/C=C(\O)C(C)(C)C.[Ir].[c-]1ccc(-c2ccccc2)cc1-c1cnccn1. The molecular formula is C27H31IrN2O2-. The Morgan fingerprint density at radius 1 is 0.938 bits per heavy atom. The molecule has 1 aromatic heterocycles. The summed E-state index contributed by atoms with van der Waals surface area (Å²) in [6.45, 7) is 11.1. The molecule has 3 rings (SSSR count). The zero-order valence-corrected chi connectivity index (χ0v) is 21.9. The Morgan fingerprint density at radius 3 is 2.12 bits per heavy atom. The standard InChI is InChI=1S/C16H11N2.C11H20O2.Ir/c1-2-5-13(6-3-1)14-7-4-8-15(11-14)16-12-17-9-10-18-16;1-10(2,3)8(12)7-9(13)11(4,5)6;/h1-7,9-12H;7,12H,1-6H3;/q-1;;/b;8-7-;. The van der Waals surface area contributed by atoms with E-state index in [4.69, 9.17) is 0 Å². The number of hydrogen-bond donors (Lipinski definition) is 1. The molecule has 4 nitrogen and oxygen atoms in total. The van der Waals surface area contributed by atoms with E-state index in [9.17, 15) is 9.90 Å². The number of carbonyl (C=O) groups is 1. The second-order valence-corrected chi connectivity index (χ2v) is 9.34. The summed E-state index contributed by atoms with van der Waals surface area (Å²) in [4.78, 5) is 19.9. The molecule has 0 aliphatic carbocycles. The van der Waals surface area contributed by atoms with E-state index in [1.807, 2.05) is 65.8 Å². The van der Waals surface area contributed by atoms with Gasteiger partial charge in [0.05, 0.1) is 0 Å². The Bertz CT molecular complexity index is 964. The summed E-state index contributed by atoms with van der Waals surface area (Å²) in [5.41, 5.74) is 3.39. The van der Waals surface area contributed by atoms with E-state index in [1.165, 1.54) is 11.6 Å². The molecule has 0 saturated heterocycles. The second kappa shape index (κ2) is 11.8. The predicted molar refractivity (Wildman–Crippen MR) is 126 cm³/mol. The van der Waals surface area contributed by atoms with Gasteiger partial charge in [-0.2, -0.15) is 0 Å². The molecule has 1 N–H and O–H groups in total. The van der Waals surface area contributed by atoms with Gasteiger partial charge in [0.1, 0.15) is 5.76 Å². The van der Waals surface area contributed by atoms with E-state index in [0.29, 0.717) is 0 Å². The van der Waals surface area contributed by atoms with E-state index >= 15 is 0 Å². The van der Waals surface area contributed by atoms with Crippen LogP contribution in [0.4, 0.5) is 0 Å². The number of nitrogens with zero attached hydrogens (tertiary/aromatic N) is 2. The van der Waals surface area contributed by atoms with Gasteiger partial charge in [-0.3, -0.25) is 9.78 Å². The predicted octanol–water partition coefficient (Wildman–Crippen LogP) is 6.70. The Labute approximate surface area is 205 Å². The summed E-state index contributed by atoms with van der Waals surface area (Å²) in [5.74, 6) is 0.104. The monoisotopic (exact) mass is 608 g/mol. The molecule has 32 heavy (non-hydrogen) atoms. The fraction of sp³-hybridized carbons (Fsp3) is 0.296. The quantitative estimate of drug-likeness (QED) is 0.205. The molecule has 1 radical (unpaired) electrons. The maximum atomic E-state index is 11.5. The van der Waals surface area contributed by atoms with Crippen LogP contribution in [0.5, 0.6) is 0 Å². The van der Waals surface area contributed by atoms with Gasteiger partial charge in [0, 0.05) is 61.3 Å². The van der Waals surface area contributed by atoms with Crippen LogP contribution in [0.3, 0.4) is 0 Å². The first-order chi connectivity index (χ1) is 14.5. The second-order valence-electron chi connectivity index (χ2n) is 9.34. The molecule has 3 aromatic rings. The van der Waals surface area contributed by atoms with Gasteiger partial charge in [0.2, 0.25) is 0 Å². The van der Waals surface area contributed by atoms with Crippen LogP contribution < -0.4 is 0 Å². The molecule has 0 aliphatic heterocycles. The Hall–Kier alpha value is -2.62. The van der Waals surface area contributed by atoms with Crippen LogP contribution in [0.25, 0.3) is 22.4 Å².